The number of hydrogen-bond donors (Lipinski definition) is 1. The molecule has 1 N–H and O–H groups in total. The van der Waals surface area contributed by atoms with E-state index >= 15 is 0 Å². The van der Waals surface area contributed by atoms with Crippen molar-refractivity contribution >= 4 is 5.69 Å². The van der Waals surface area contributed by atoms with Crippen LogP contribution in [0.3, 0.4) is 0 Å². The molecular weight excluding hydrogens is 224 g/mol. The summed E-state index contributed by atoms with van der Waals surface area (Å²) >= 11 is 0. The lowest BCUT2D eigenvalue weighted by Crippen LogP contribution is -2.26. The molecule has 0 aromatic carbocycles. The molecule has 1 atom stereocenters. The molecule has 0 radical (unpaired) electrons. The number of aromatic nitrogens is 1. The topological polar surface area (TPSA) is 101 Å². The Morgan fingerprint density at radius 2 is 2.47 bits per heavy atom. The Kier molecular flexibility index (Phi) is 4.37. The number of pyridine rings is 1. The molecule has 0 saturated carbocycles. The average molecular weight is 236 g/mol. The van der Waals surface area contributed by atoms with Gasteiger partial charge in [0.15, 0.2) is 0 Å². The van der Waals surface area contributed by atoms with E-state index in [9.17, 15) is 10.1 Å². The van der Waals surface area contributed by atoms with E-state index in [2.05, 4.69) is 10.3 Å². The molecule has 0 aliphatic carbocycles. The average Bonchev–Trinajstić information content (AvgIpc) is 2.29. The van der Waals surface area contributed by atoms with Gasteiger partial charge < -0.3 is 10.1 Å². The van der Waals surface area contributed by atoms with E-state index in [1.807, 2.05) is 6.07 Å². The van der Waals surface area contributed by atoms with Crippen LogP contribution >= 0.6 is 0 Å². The summed E-state index contributed by atoms with van der Waals surface area (Å²) in [7, 11) is 1.77. The summed E-state index contributed by atoms with van der Waals surface area (Å²) in [5.41, 5.74) is -0.169. The van der Waals surface area contributed by atoms with Crippen LogP contribution in [-0.2, 0) is 0 Å². The van der Waals surface area contributed by atoms with Crippen molar-refractivity contribution in [2.75, 3.05) is 13.6 Å². The second kappa shape index (κ2) is 5.77. The molecule has 1 unspecified atom stereocenters. The van der Waals surface area contributed by atoms with Crippen LogP contribution in [0.1, 0.15) is 12.5 Å². The molecule has 0 amide bonds. The second-order valence-electron chi connectivity index (χ2n) is 3.40. The first-order valence-corrected chi connectivity index (χ1v) is 4.94. The van der Waals surface area contributed by atoms with E-state index in [1.54, 1.807) is 14.0 Å². The first-order chi connectivity index (χ1) is 8.08. The lowest BCUT2D eigenvalue weighted by molar-refractivity contribution is -0.385. The van der Waals surface area contributed by atoms with Gasteiger partial charge in [0.05, 0.1) is 4.92 Å². The fraction of sp³-hybridized carbons (Fsp3) is 0.400. The minimum absolute atomic E-state index is 0.0575. The highest BCUT2D eigenvalue weighted by Crippen LogP contribution is 2.20. The first-order valence-electron chi connectivity index (χ1n) is 4.94. The molecule has 1 rings (SSSR count). The zero-order chi connectivity index (χ0) is 12.8. The summed E-state index contributed by atoms with van der Waals surface area (Å²) in [4.78, 5) is 13.7. The van der Waals surface area contributed by atoms with E-state index in [0.717, 1.165) is 12.3 Å². The number of nitro groups is 1. The molecule has 0 spiro atoms. The molecule has 7 heteroatoms. The summed E-state index contributed by atoms with van der Waals surface area (Å²) < 4.78 is 5.39. The predicted molar refractivity (Wildman–Crippen MR) is 59.6 cm³/mol. The van der Waals surface area contributed by atoms with Crippen molar-refractivity contribution in [3.8, 4) is 11.9 Å². The lowest BCUT2D eigenvalue weighted by Gasteiger charge is -2.13. The Balaban J connectivity index is 2.94. The van der Waals surface area contributed by atoms with Crippen molar-refractivity contribution in [2.45, 2.75) is 13.0 Å². The maximum Gasteiger partial charge on any atom is 0.289 e. The van der Waals surface area contributed by atoms with Crippen LogP contribution in [0.2, 0.25) is 0 Å². The molecule has 7 nitrogen and oxygen atoms in total. The highest BCUT2D eigenvalue weighted by Gasteiger charge is 2.14. The van der Waals surface area contributed by atoms with E-state index < -0.39 is 4.92 Å². The van der Waals surface area contributed by atoms with Gasteiger partial charge in [-0.1, -0.05) is 0 Å². The van der Waals surface area contributed by atoms with Gasteiger partial charge in [0, 0.05) is 12.6 Å². The van der Waals surface area contributed by atoms with Gasteiger partial charge in [-0.15, -0.1) is 0 Å². The van der Waals surface area contributed by atoms with Crippen molar-refractivity contribution in [3.05, 3.63) is 27.9 Å². The maximum atomic E-state index is 10.5. The molecule has 0 aliphatic rings. The lowest BCUT2D eigenvalue weighted by atomic mass is 10.2. The van der Waals surface area contributed by atoms with Crippen LogP contribution in [-0.4, -0.2) is 29.6 Å². The molecule has 0 fully saturated rings. The number of nitrogens with one attached hydrogen (secondary N) is 1. The van der Waals surface area contributed by atoms with Crippen LogP contribution in [0.25, 0.3) is 0 Å². The van der Waals surface area contributed by atoms with Gasteiger partial charge in [-0.3, -0.25) is 10.1 Å². The van der Waals surface area contributed by atoms with Crippen LogP contribution in [0.5, 0.6) is 5.88 Å². The van der Waals surface area contributed by atoms with Gasteiger partial charge in [0.2, 0.25) is 5.88 Å². The molecule has 1 aromatic heterocycles. The largest absolute Gasteiger partial charge is 0.472 e. The van der Waals surface area contributed by atoms with Gasteiger partial charge >= 0.3 is 0 Å². The minimum atomic E-state index is -0.603. The second-order valence-corrected chi connectivity index (χ2v) is 3.40. The van der Waals surface area contributed by atoms with Gasteiger partial charge in [-0.05, 0) is 14.0 Å². The van der Waals surface area contributed by atoms with Crippen LogP contribution in [0, 0.1) is 21.4 Å². The normalized spacial score (nSPS) is 11.6. The third-order valence-corrected chi connectivity index (χ3v) is 1.97. The molecule has 1 aromatic rings. The number of ether oxygens (including phenoxy) is 1. The van der Waals surface area contributed by atoms with Gasteiger partial charge in [-0.25, -0.2) is 4.98 Å². The Hall–Kier alpha value is -2.20. The van der Waals surface area contributed by atoms with Crippen LogP contribution in [0.4, 0.5) is 5.69 Å². The van der Waals surface area contributed by atoms with Crippen LogP contribution < -0.4 is 10.1 Å². The van der Waals surface area contributed by atoms with Crippen molar-refractivity contribution in [1.82, 2.24) is 10.3 Å². The maximum absolute atomic E-state index is 10.5. The van der Waals surface area contributed by atoms with E-state index in [4.69, 9.17) is 10.00 Å². The van der Waals surface area contributed by atoms with E-state index in [-0.39, 0.29) is 23.2 Å². The monoisotopic (exact) mass is 236 g/mol. The fourth-order valence-electron chi connectivity index (χ4n) is 1.23. The zero-order valence-corrected chi connectivity index (χ0v) is 9.51. The smallest absolute Gasteiger partial charge is 0.289 e. The third-order valence-electron chi connectivity index (χ3n) is 1.97. The van der Waals surface area contributed by atoms with Gasteiger partial charge in [0.25, 0.3) is 5.69 Å². The molecule has 0 bridgehead atoms. The Morgan fingerprint density at radius 3 is 3.00 bits per heavy atom. The van der Waals surface area contributed by atoms with E-state index in [0.29, 0.717) is 6.54 Å². The molecule has 1 heterocycles. The Bertz CT molecular complexity index is 455. The highest BCUT2D eigenvalue weighted by molar-refractivity contribution is 5.45. The quantitative estimate of drug-likeness (QED) is 0.600. The fourth-order valence-corrected chi connectivity index (χ4v) is 1.23. The highest BCUT2D eigenvalue weighted by atomic mass is 16.6. The predicted octanol–water partition coefficient (Wildman–Crippen LogP) is 0.848. The summed E-state index contributed by atoms with van der Waals surface area (Å²) in [6.07, 6.45) is 0.892. The molecule has 0 saturated heterocycles. The zero-order valence-electron chi connectivity index (χ0n) is 9.51. The summed E-state index contributed by atoms with van der Waals surface area (Å²) in [5, 5.41) is 22.3. The third kappa shape index (κ3) is 3.39. The number of rotatable bonds is 5. The number of nitrogens with zero attached hydrogens (tertiary/aromatic N) is 3. The van der Waals surface area contributed by atoms with Crippen molar-refractivity contribution in [2.24, 2.45) is 0 Å². The Labute approximate surface area is 98.2 Å². The summed E-state index contributed by atoms with van der Waals surface area (Å²) in [5.74, 6) is 0.112. The minimum Gasteiger partial charge on any atom is -0.472 e. The molecular formula is C10H12N4O3. The van der Waals surface area contributed by atoms with Crippen molar-refractivity contribution in [1.29, 1.82) is 5.26 Å². The SMILES string of the molecule is CNCC(C)Oc1ncc([N+](=O)[O-])cc1C#N. The summed E-state index contributed by atoms with van der Waals surface area (Å²) in [6.45, 7) is 2.39. The van der Waals surface area contributed by atoms with Gasteiger partial charge in [0.1, 0.15) is 23.9 Å². The van der Waals surface area contributed by atoms with E-state index in [1.165, 1.54) is 0 Å². The number of nitriles is 1. The number of likely N-dealkylation sites (N-methyl/N-ethyl adjacent to an activating group) is 1. The number of hydrogen-bond acceptors (Lipinski definition) is 6. The molecule has 17 heavy (non-hydrogen) atoms. The van der Waals surface area contributed by atoms with Crippen LogP contribution in [0.15, 0.2) is 12.3 Å². The van der Waals surface area contributed by atoms with Crippen molar-refractivity contribution in [3.63, 3.8) is 0 Å². The summed E-state index contributed by atoms with van der Waals surface area (Å²) in [6, 6.07) is 2.97. The van der Waals surface area contributed by atoms with Gasteiger partial charge in [-0.2, -0.15) is 5.26 Å². The first kappa shape index (κ1) is 12.9. The Morgan fingerprint density at radius 1 is 1.76 bits per heavy atom. The molecule has 90 valence electrons. The molecule has 0 aliphatic heterocycles. The standard InChI is InChI=1S/C10H12N4O3/c1-7(5-12-2)17-10-8(4-11)3-9(6-13-10)14(15)16/h3,6-7,12H,5H2,1-2H3. The van der Waals surface area contributed by atoms with Crippen molar-refractivity contribution < 1.29 is 9.66 Å².